The number of anilines is 1. The first-order valence-corrected chi connectivity index (χ1v) is 9.25. The molecule has 0 saturated carbocycles. The molecule has 1 N–H and O–H groups in total. The summed E-state index contributed by atoms with van der Waals surface area (Å²) in [6.45, 7) is 0. The predicted octanol–water partition coefficient (Wildman–Crippen LogP) is 5.72. The summed E-state index contributed by atoms with van der Waals surface area (Å²) in [4.78, 5) is 17.4. The number of aromatic nitrogens is 1. The van der Waals surface area contributed by atoms with Gasteiger partial charge < -0.3 is 5.32 Å². The molecule has 1 aromatic heterocycles. The first-order valence-electron chi connectivity index (χ1n) is 8.50. The highest BCUT2D eigenvalue weighted by Crippen LogP contribution is 2.50. The van der Waals surface area contributed by atoms with Gasteiger partial charge in [0.1, 0.15) is 0 Å². The molecule has 0 saturated heterocycles. The number of benzene rings is 2. The highest BCUT2D eigenvalue weighted by atomic mass is 35.5. The summed E-state index contributed by atoms with van der Waals surface area (Å²) in [5.74, 6) is -0.104. The molecular weight excluding hydrogens is 367 g/mol. The summed E-state index contributed by atoms with van der Waals surface area (Å²) in [5, 5.41) is 5.47. The van der Waals surface area contributed by atoms with Crippen LogP contribution in [0.3, 0.4) is 0 Å². The Bertz CT molecular complexity index is 1120. The summed E-state index contributed by atoms with van der Waals surface area (Å²) in [7, 11) is 0. The number of Topliss-reactive ketones (excluding diaryl/α,β-unsaturated/α-hetero) is 1. The van der Waals surface area contributed by atoms with Gasteiger partial charge in [-0.05, 0) is 30.2 Å². The van der Waals surface area contributed by atoms with Crippen molar-refractivity contribution in [3.63, 3.8) is 0 Å². The lowest BCUT2D eigenvalue weighted by Gasteiger charge is -2.30. The monoisotopic (exact) mass is 380 g/mol. The van der Waals surface area contributed by atoms with Crippen LogP contribution in [0.25, 0.3) is 10.9 Å². The van der Waals surface area contributed by atoms with Gasteiger partial charge in [-0.2, -0.15) is 0 Å². The molecule has 3 nitrogen and oxygen atoms in total. The highest BCUT2D eigenvalue weighted by Gasteiger charge is 2.38. The van der Waals surface area contributed by atoms with Crippen LogP contribution in [0, 0.1) is 0 Å². The van der Waals surface area contributed by atoms with Crippen molar-refractivity contribution >= 4 is 45.6 Å². The first-order chi connectivity index (χ1) is 12.6. The van der Waals surface area contributed by atoms with Gasteiger partial charge in [-0.15, -0.1) is 0 Å². The van der Waals surface area contributed by atoms with Gasteiger partial charge in [0.05, 0.1) is 15.6 Å². The largest absolute Gasteiger partial charge is 0.358 e. The van der Waals surface area contributed by atoms with Crippen molar-refractivity contribution in [1.82, 2.24) is 4.98 Å². The molecule has 1 aliphatic carbocycles. The van der Waals surface area contributed by atoms with E-state index >= 15 is 0 Å². The average Bonchev–Trinajstić information content (AvgIpc) is 3.03. The number of carbonyl (C=O) groups is 1. The van der Waals surface area contributed by atoms with E-state index in [1.807, 2.05) is 30.3 Å². The van der Waals surface area contributed by atoms with Gasteiger partial charge in [-0.25, -0.2) is 0 Å². The van der Waals surface area contributed by atoms with Crippen molar-refractivity contribution in [3.05, 3.63) is 81.1 Å². The molecule has 0 amide bonds. The van der Waals surface area contributed by atoms with Crippen LogP contribution in [0.1, 0.15) is 29.9 Å². The van der Waals surface area contributed by atoms with Crippen LogP contribution in [0.5, 0.6) is 0 Å². The van der Waals surface area contributed by atoms with Gasteiger partial charge in [-0.3, -0.25) is 9.78 Å². The number of rotatable bonds is 1. The zero-order valence-electron chi connectivity index (χ0n) is 13.7. The number of pyridine rings is 1. The Morgan fingerprint density at radius 3 is 2.81 bits per heavy atom. The van der Waals surface area contributed by atoms with Gasteiger partial charge >= 0.3 is 0 Å². The normalized spacial score (nSPS) is 18.7. The van der Waals surface area contributed by atoms with Gasteiger partial charge in [0.25, 0.3) is 0 Å². The van der Waals surface area contributed by atoms with Gasteiger partial charge in [-0.1, -0.05) is 47.5 Å². The minimum atomic E-state index is -0.263. The van der Waals surface area contributed by atoms with Crippen LogP contribution in [-0.4, -0.2) is 10.8 Å². The van der Waals surface area contributed by atoms with Crippen LogP contribution < -0.4 is 5.32 Å². The van der Waals surface area contributed by atoms with Crippen LogP contribution in [0.4, 0.5) is 5.69 Å². The molecule has 26 heavy (non-hydrogen) atoms. The molecule has 2 heterocycles. The maximum Gasteiger partial charge on any atom is 0.161 e. The number of halogens is 2. The Balaban J connectivity index is 1.88. The smallest absolute Gasteiger partial charge is 0.161 e. The maximum atomic E-state index is 12.7. The molecule has 0 radical (unpaired) electrons. The lowest BCUT2D eigenvalue weighted by Crippen LogP contribution is -2.20. The quantitative estimate of drug-likeness (QED) is 0.587. The standard InChI is InChI=1S/C21H14Cl2N2O/c22-13-5-1-4-12(20(13)23)17-18-14(8-9-16(18)26)25-15-7-6-11-3-2-10-24-21(11)19(15)17/h1-7,10,17,25H,8-9H2. The van der Waals surface area contributed by atoms with Crippen molar-refractivity contribution in [1.29, 1.82) is 0 Å². The Kier molecular flexibility index (Phi) is 3.56. The van der Waals surface area contributed by atoms with Crippen LogP contribution in [-0.2, 0) is 4.79 Å². The van der Waals surface area contributed by atoms with E-state index in [1.165, 1.54) is 0 Å². The number of fused-ring (bicyclic) bond motifs is 3. The third-order valence-corrected chi connectivity index (χ3v) is 6.03. The van der Waals surface area contributed by atoms with Crippen molar-refractivity contribution < 1.29 is 4.79 Å². The molecule has 0 spiro atoms. The number of allylic oxidation sites excluding steroid dienone is 2. The van der Waals surface area contributed by atoms with E-state index in [1.54, 1.807) is 12.3 Å². The molecule has 3 aromatic rings. The molecule has 2 aromatic carbocycles. The van der Waals surface area contributed by atoms with Crippen molar-refractivity contribution in [2.45, 2.75) is 18.8 Å². The first kappa shape index (κ1) is 15.9. The Morgan fingerprint density at radius 1 is 1.04 bits per heavy atom. The molecule has 2 aliphatic rings. The van der Waals surface area contributed by atoms with Crippen molar-refractivity contribution in [2.24, 2.45) is 0 Å². The molecule has 0 bridgehead atoms. The topological polar surface area (TPSA) is 42.0 Å². The van der Waals surface area contributed by atoms with E-state index in [0.717, 1.165) is 45.4 Å². The fourth-order valence-electron chi connectivity index (χ4n) is 4.07. The van der Waals surface area contributed by atoms with E-state index in [4.69, 9.17) is 23.2 Å². The summed E-state index contributed by atoms with van der Waals surface area (Å²) in [5.41, 5.74) is 5.47. The Morgan fingerprint density at radius 2 is 1.92 bits per heavy atom. The van der Waals surface area contributed by atoms with Crippen LogP contribution in [0.15, 0.2) is 59.9 Å². The van der Waals surface area contributed by atoms with Crippen LogP contribution >= 0.6 is 23.2 Å². The zero-order chi connectivity index (χ0) is 17.8. The van der Waals surface area contributed by atoms with E-state index in [9.17, 15) is 4.79 Å². The highest BCUT2D eigenvalue weighted by molar-refractivity contribution is 6.42. The van der Waals surface area contributed by atoms with E-state index in [-0.39, 0.29) is 11.7 Å². The fourth-order valence-corrected chi connectivity index (χ4v) is 4.49. The number of nitrogens with one attached hydrogen (secondary N) is 1. The third kappa shape index (κ3) is 2.21. The molecular formula is C21H14Cl2N2O. The number of hydrogen-bond donors (Lipinski definition) is 1. The third-order valence-electron chi connectivity index (χ3n) is 5.20. The molecule has 128 valence electrons. The molecule has 5 heteroatoms. The summed E-state index contributed by atoms with van der Waals surface area (Å²) >= 11 is 12.9. The molecule has 0 fully saturated rings. The fraction of sp³-hybridized carbons (Fsp3) is 0.143. The van der Waals surface area contributed by atoms with Gasteiger partial charge in [0.15, 0.2) is 5.78 Å². The summed E-state index contributed by atoms with van der Waals surface area (Å²) in [6, 6.07) is 13.6. The van der Waals surface area contributed by atoms with E-state index in [2.05, 4.69) is 16.4 Å². The van der Waals surface area contributed by atoms with Crippen LogP contribution in [0.2, 0.25) is 10.0 Å². The van der Waals surface area contributed by atoms with Gasteiger partial charge in [0.2, 0.25) is 0 Å². The molecule has 1 unspecified atom stereocenters. The van der Waals surface area contributed by atoms with Gasteiger partial charge in [0, 0.05) is 46.4 Å². The zero-order valence-corrected chi connectivity index (χ0v) is 15.2. The second kappa shape index (κ2) is 5.83. The number of hydrogen-bond acceptors (Lipinski definition) is 3. The molecule has 5 rings (SSSR count). The maximum absolute atomic E-state index is 12.7. The second-order valence-electron chi connectivity index (χ2n) is 6.62. The van der Waals surface area contributed by atoms with E-state index in [0.29, 0.717) is 16.5 Å². The summed E-state index contributed by atoms with van der Waals surface area (Å²) < 4.78 is 0. The van der Waals surface area contributed by atoms with Crippen molar-refractivity contribution in [3.8, 4) is 0 Å². The number of ketones is 1. The second-order valence-corrected chi connectivity index (χ2v) is 7.40. The SMILES string of the molecule is O=C1CCC2=C1C(c1cccc(Cl)c1Cl)c1c(ccc3cccnc13)N2. The minimum Gasteiger partial charge on any atom is -0.358 e. The number of nitrogens with zero attached hydrogens (tertiary/aromatic N) is 1. The minimum absolute atomic E-state index is 0.159. The summed E-state index contributed by atoms with van der Waals surface area (Å²) in [6.07, 6.45) is 3.02. The Labute approximate surface area is 160 Å². The van der Waals surface area contributed by atoms with Crippen molar-refractivity contribution in [2.75, 3.05) is 5.32 Å². The molecule has 1 aliphatic heterocycles. The average molecular weight is 381 g/mol. The number of carbonyl (C=O) groups excluding carboxylic acids is 1. The van der Waals surface area contributed by atoms with E-state index < -0.39 is 0 Å². The molecule has 1 atom stereocenters. The lowest BCUT2D eigenvalue weighted by atomic mass is 9.79. The Hall–Kier alpha value is -2.36. The lowest BCUT2D eigenvalue weighted by molar-refractivity contribution is -0.115. The predicted molar refractivity (Wildman–Crippen MR) is 105 cm³/mol.